The second kappa shape index (κ2) is 4.47. The van der Waals surface area contributed by atoms with Gasteiger partial charge in [0.1, 0.15) is 5.82 Å². The molecule has 86 valence electrons. The number of aromatic nitrogens is 1. The van der Waals surface area contributed by atoms with Crippen molar-refractivity contribution in [3.63, 3.8) is 0 Å². The average Bonchev–Trinajstić information content (AvgIpc) is 3.11. The molecule has 1 aromatic rings. The Hall–Kier alpha value is -1.65. The third kappa shape index (κ3) is 2.68. The van der Waals surface area contributed by atoms with E-state index in [-0.39, 0.29) is 11.8 Å². The molecule has 0 radical (unpaired) electrons. The zero-order valence-corrected chi connectivity index (χ0v) is 9.11. The summed E-state index contributed by atoms with van der Waals surface area (Å²) in [6.07, 6.45) is 3.31. The lowest BCUT2D eigenvalue weighted by molar-refractivity contribution is 0.206. The fourth-order valence-corrected chi connectivity index (χ4v) is 1.43. The van der Waals surface area contributed by atoms with Gasteiger partial charge in [-0.25, -0.2) is 9.18 Å². The molecule has 0 bridgehead atoms. The molecule has 5 heteroatoms. The summed E-state index contributed by atoms with van der Waals surface area (Å²) < 4.78 is 12.6. The van der Waals surface area contributed by atoms with Crippen LogP contribution in [0.25, 0.3) is 0 Å². The summed E-state index contributed by atoms with van der Waals surface area (Å²) >= 11 is 0. The molecule has 0 atom stereocenters. The van der Waals surface area contributed by atoms with Gasteiger partial charge in [-0.2, -0.15) is 0 Å². The summed E-state index contributed by atoms with van der Waals surface area (Å²) in [5.41, 5.74) is 0.652. The molecule has 16 heavy (non-hydrogen) atoms. The van der Waals surface area contributed by atoms with E-state index in [1.807, 2.05) is 0 Å². The third-order valence-electron chi connectivity index (χ3n) is 2.62. The molecule has 1 heterocycles. The molecular weight excluding hydrogens is 209 g/mol. The summed E-state index contributed by atoms with van der Waals surface area (Å²) in [6.45, 7) is 0.330. The van der Waals surface area contributed by atoms with E-state index >= 15 is 0 Å². The number of hydrogen-bond donors (Lipinski definition) is 1. The topological polar surface area (TPSA) is 45.2 Å². The van der Waals surface area contributed by atoms with Crippen molar-refractivity contribution in [3.8, 4) is 0 Å². The minimum Gasteiger partial charge on any atom is -0.332 e. The first-order valence-corrected chi connectivity index (χ1v) is 5.28. The Balaban J connectivity index is 1.82. The van der Waals surface area contributed by atoms with Crippen molar-refractivity contribution >= 4 is 6.03 Å². The van der Waals surface area contributed by atoms with Gasteiger partial charge in [0.15, 0.2) is 0 Å². The van der Waals surface area contributed by atoms with Gasteiger partial charge < -0.3 is 10.2 Å². The van der Waals surface area contributed by atoms with Gasteiger partial charge in [0.2, 0.25) is 0 Å². The van der Waals surface area contributed by atoms with Crippen LogP contribution < -0.4 is 5.32 Å². The molecule has 0 aromatic carbocycles. The number of urea groups is 1. The van der Waals surface area contributed by atoms with E-state index in [1.165, 1.54) is 6.07 Å². The van der Waals surface area contributed by atoms with Gasteiger partial charge in [0, 0.05) is 13.1 Å². The van der Waals surface area contributed by atoms with Gasteiger partial charge in [-0.05, 0) is 25.0 Å². The fourth-order valence-electron chi connectivity index (χ4n) is 1.43. The van der Waals surface area contributed by atoms with Crippen LogP contribution in [0.1, 0.15) is 18.5 Å². The van der Waals surface area contributed by atoms with Crippen molar-refractivity contribution in [1.29, 1.82) is 0 Å². The molecule has 0 unspecified atom stereocenters. The van der Waals surface area contributed by atoms with Crippen LogP contribution in [-0.2, 0) is 6.54 Å². The van der Waals surface area contributed by atoms with Crippen LogP contribution >= 0.6 is 0 Å². The fraction of sp³-hybridized carbons (Fsp3) is 0.455. The number of hydrogen-bond acceptors (Lipinski definition) is 2. The maximum Gasteiger partial charge on any atom is 0.317 e. The van der Waals surface area contributed by atoms with Crippen LogP contribution in [0.5, 0.6) is 0 Å². The predicted octanol–water partition coefficient (Wildman–Crippen LogP) is 1.52. The average molecular weight is 223 g/mol. The van der Waals surface area contributed by atoms with Crippen LogP contribution in [0, 0.1) is 5.82 Å². The molecule has 1 saturated carbocycles. The monoisotopic (exact) mass is 223 g/mol. The highest BCUT2D eigenvalue weighted by Gasteiger charge is 2.29. The van der Waals surface area contributed by atoms with Gasteiger partial charge in [0.25, 0.3) is 0 Å². The van der Waals surface area contributed by atoms with Crippen LogP contribution in [0.3, 0.4) is 0 Å². The summed E-state index contributed by atoms with van der Waals surface area (Å²) in [5.74, 6) is -0.370. The molecule has 0 aliphatic heterocycles. The minimum atomic E-state index is -0.370. The smallest absolute Gasteiger partial charge is 0.317 e. The van der Waals surface area contributed by atoms with Crippen molar-refractivity contribution in [2.24, 2.45) is 0 Å². The lowest BCUT2D eigenvalue weighted by Gasteiger charge is -2.16. The molecule has 0 saturated heterocycles. The standard InChI is InChI=1S/C11H14FN3O/c1-15(10-4-5-10)11(16)14-7-9-3-2-8(12)6-13-9/h2-3,6,10H,4-5,7H2,1H3,(H,14,16). The SMILES string of the molecule is CN(C(=O)NCc1ccc(F)cn1)C1CC1. The number of halogens is 1. The maximum atomic E-state index is 12.6. The lowest BCUT2D eigenvalue weighted by Crippen LogP contribution is -2.38. The number of nitrogens with zero attached hydrogens (tertiary/aromatic N) is 2. The Morgan fingerprint density at radius 2 is 2.38 bits per heavy atom. The van der Waals surface area contributed by atoms with Crippen molar-refractivity contribution in [2.75, 3.05) is 7.05 Å². The van der Waals surface area contributed by atoms with Crippen LogP contribution in [0.2, 0.25) is 0 Å². The molecule has 1 aromatic heterocycles. The first-order chi connectivity index (χ1) is 7.66. The Kier molecular flexibility index (Phi) is 3.03. The Bertz CT molecular complexity index is 375. The van der Waals surface area contributed by atoms with E-state index in [1.54, 1.807) is 18.0 Å². The van der Waals surface area contributed by atoms with Crippen molar-refractivity contribution in [1.82, 2.24) is 15.2 Å². The van der Waals surface area contributed by atoms with Crippen molar-refractivity contribution in [3.05, 3.63) is 29.8 Å². The molecule has 0 spiro atoms. The molecule has 1 N–H and O–H groups in total. The maximum absolute atomic E-state index is 12.6. The van der Waals surface area contributed by atoms with Gasteiger partial charge in [0.05, 0.1) is 18.4 Å². The number of pyridine rings is 1. The molecule has 1 fully saturated rings. The first kappa shape index (κ1) is 10.9. The first-order valence-electron chi connectivity index (χ1n) is 5.28. The summed E-state index contributed by atoms with van der Waals surface area (Å²) in [7, 11) is 1.78. The molecule has 2 rings (SSSR count). The van der Waals surface area contributed by atoms with Crippen molar-refractivity contribution in [2.45, 2.75) is 25.4 Å². The number of rotatable bonds is 3. The number of amides is 2. The van der Waals surface area contributed by atoms with E-state index in [2.05, 4.69) is 10.3 Å². The van der Waals surface area contributed by atoms with E-state index in [0.717, 1.165) is 19.0 Å². The van der Waals surface area contributed by atoms with Gasteiger partial charge in [-0.1, -0.05) is 0 Å². The minimum absolute atomic E-state index is 0.103. The number of nitrogens with one attached hydrogen (secondary N) is 1. The van der Waals surface area contributed by atoms with E-state index < -0.39 is 0 Å². The number of carbonyl (C=O) groups is 1. The zero-order chi connectivity index (χ0) is 11.5. The van der Waals surface area contributed by atoms with Crippen molar-refractivity contribution < 1.29 is 9.18 Å². The summed E-state index contributed by atoms with van der Waals surface area (Å²) in [5, 5.41) is 2.74. The van der Waals surface area contributed by atoms with Crippen LogP contribution in [0.15, 0.2) is 18.3 Å². The second-order valence-electron chi connectivity index (χ2n) is 3.97. The Labute approximate surface area is 93.5 Å². The molecular formula is C11H14FN3O. The molecule has 2 amide bonds. The highest BCUT2D eigenvalue weighted by atomic mass is 19.1. The largest absolute Gasteiger partial charge is 0.332 e. The molecule has 4 nitrogen and oxygen atoms in total. The predicted molar refractivity (Wildman–Crippen MR) is 57.2 cm³/mol. The van der Waals surface area contributed by atoms with Gasteiger partial charge in [-0.15, -0.1) is 0 Å². The normalized spacial score (nSPS) is 14.6. The number of carbonyl (C=O) groups excluding carboxylic acids is 1. The quantitative estimate of drug-likeness (QED) is 0.844. The third-order valence-corrected chi connectivity index (χ3v) is 2.62. The van der Waals surface area contributed by atoms with E-state index in [0.29, 0.717) is 18.3 Å². The van der Waals surface area contributed by atoms with E-state index in [4.69, 9.17) is 0 Å². The highest BCUT2D eigenvalue weighted by Crippen LogP contribution is 2.25. The van der Waals surface area contributed by atoms with E-state index in [9.17, 15) is 9.18 Å². The molecule has 1 aliphatic carbocycles. The highest BCUT2D eigenvalue weighted by molar-refractivity contribution is 5.74. The van der Waals surface area contributed by atoms with Crippen LogP contribution in [0.4, 0.5) is 9.18 Å². The summed E-state index contributed by atoms with van der Waals surface area (Å²) in [4.78, 5) is 17.1. The summed E-state index contributed by atoms with van der Waals surface area (Å²) in [6, 6.07) is 3.18. The van der Waals surface area contributed by atoms with Crippen LogP contribution in [-0.4, -0.2) is 29.0 Å². The molecule has 1 aliphatic rings. The van der Waals surface area contributed by atoms with Gasteiger partial charge in [-0.3, -0.25) is 4.98 Å². The Morgan fingerprint density at radius 3 is 2.94 bits per heavy atom. The second-order valence-corrected chi connectivity index (χ2v) is 3.97. The zero-order valence-electron chi connectivity index (χ0n) is 9.11. The van der Waals surface area contributed by atoms with Gasteiger partial charge >= 0.3 is 6.03 Å². The Morgan fingerprint density at radius 1 is 1.62 bits per heavy atom. The lowest BCUT2D eigenvalue weighted by atomic mass is 10.3.